The predicted octanol–water partition coefficient (Wildman–Crippen LogP) is 3.76. The molecule has 1 fully saturated rings. The van der Waals surface area contributed by atoms with Gasteiger partial charge in [0.1, 0.15) is 11.6 Å². The van der Waals surface area contributed by atoms with Crippen molar-refractivity contribution in [1.82, 2.24) is 4.90 Å². The maximum atomic E-state index is 13.0. The van der Waals surface area contributed by atoms with E-state index in [1.807, 2.05) is 7.05 Å². The van der Waals surface area contributed by atoms with Crippen LogP contribution < -0.4 is 4.74 Å². The number of nitrogens with zero attached hydrogens (tertiary/aromatic N) is 1. The van der Waals surface area contributed by atoms with Crippen molar-refractivity contribution in [3.05, 3.63) is 28.5 Å². The van der Waals surface area contributed by atoms with Gasteiger partial charge in [-0.2, -0.15) is 0 Å². The van der Waals surface area contributed by atoms with E-state index in [0.717, 1.165) is 12.8 Å². The lowest BCUT2D eigenvalue weighted by Crippen LogP contribution is -2.40. The lowest BCUT2D eigenvalue weighted by molar-refractivity contribution is -0.134. The number of ether oxygens (including phenoxy) is 1. The first kappa shape index (κ1) is 15.3. The Morgan fingerprint density at radius 1 is 1.40 bits per heavy atom. The van der Waals surface area contributed by atoms with Crippen LogP contribution in [0.2, 0.25) is 0 Å². The van der Waals surface area contributed by atoms with Crippen molar-refractivity contribution in [2.24, 2.45) is 0 Å². The van der Waals surface area contributed by atoms with Crippen molar-refractivity contribution in [2.75, 3.05) is 13.7 Å². The molecule has 1 aromatic carbocycles. The van der Waals surface area contributed by atoms with Crippen LogP contribution in [0.3, 0.4) is 0 Å². The summed E-state index contributed by atoms with van der Waals surface area (Å²) in [6, 6.07) is 4.49. The monoisotopic (exact) mass is 343 g/mol. The minimum absolute atomic E-state index is 0.0166. The van der Waals surface area contributed by atoms with Crippen LogP contribution in [0.25, 0.3) is 0 Å². The number of hydrogen-bond acceptors (Lipinski definition) is 2. The Hall–Kier alpha value is -1.10. The van der Waals surface area contributed by atoms with Gasteiger partial charge >= 0.3 is 0 Å². The zero-order chi connectivity index (χ0) is 14.5. The van der Waals surface area contributed by atoms with E-state index in [0.29, 0.717) is 16.3 Å². The molecule has 0 aliphatic heterocycles. The fourth-order valence-electron chi connectivity index (χ4n) is 2.51. The van der Waals surface area contributed by atoms with Gasteiger partial charge in [-0.25, -0.2) is 4.39 Å². The highest BCUT2D eigenvalue weighted by atomic mass is 79.9. The van der Waals surface area contributed by atoms with Crippen LogP contribution in [0.5, 0.6) is 5.75 Å². The minimum atomic E-state index is -0.338. The molecule has 0 bridgehead atoms. The Labute approximate surface area is 127 Å². The average molecular weight is 344 g/mol. The number of carbonyl (C=O) groups excluding carboxylic acids is 1. The molecule has 0 N–H and O–H groups in total. The number of amides is 1. The van der Waals surface area contributed by atoms with E-state index in [1.165, 1.54) is 37.5 Å². The van der Waals surface area contributed by atoms with Gasteiger partial charge in [0, 0.05) is 13.1 Å². The Balaban J connectivity index is 1.87. The van der Waals surface area contributed by atoms with Crippen LogP contribution in [0.1, 0.15) is 32.1 Å². The molecule has 0 radical (unpaired) electrons. The van der Waals surface area contributed by atoms with Gasteiger partial charge in [0.25, 0.3) is 5.91 Å². The zero-order valence-corrected chi connectivity index (χ0v) is 13.2. The molecule has 2 rings (SSSR count). The van der Waals surface area contributed by atoms with Crippen LogP contribution in [0.4, 0.5) is 4.39 Å². The van der Waals surface area contributed by atoms with Crippen LogP contribution in [0, 0.1) is 5.82 Å². The molecule has 0 saturated heterocycles. The average Bonchev–Trinajstić information content (AvgIpc) is 2.46. The van der Waals surface area contributed by atoms with Gasteiger partial charge in [-0.3, -0.25) is 4.79 Å². The molecule has 0 atom stereocenters. The summed E-state index contributed by atoms with van der Waals surface area (Å²) >= 11 is 3.22. The highest BCUT2D eigenvalue weighted by Gasteiger charge is 2.22. The number of carbonyl (C=O) groups is 1. The first-order valence-electron chi connectivity index (χ1n) is 6.91. The molecular weight excluding hydrogens is 325 g/mol. The van der Waals surface area contributed by atoms with Crippen molar-refractivity contribution in [1.29, 1.82) is 0 Å². The molecule has 1 saturated carbocycles. The lowest BCUT2D eigenvalue weighted by Gasteiger charge is -2.31. The van der Waals surface area contributed by atoms with Crippen molar-refractivity contribution in [3.63, 3.8) is 0 Å². The Kier molecular flexibility index (Phi) is 5.40. The van der Waals surface area contributed by atoms with E-state index < -0.39 is 0 Å². The SMILES string of the molecule is CN(C(=O)COc1ccc(F)cc1Br)C1CCCCC1. The summed E-state index contributed by atoms with van der Waals surface area (Å²) in [6.45, 7) is -0.0166. The summed E-state index contributed by atoms with van der Waals surface area (Å²) < 4.78 is 18.9. The van der Waals surface area contributed by atoms with Gasteiger partial charge in [0.05, 0.1) is 4.47 Å². The van der Waals surface area contributed by atoms with E-state index in [4.69, 9.17) is 4.74 Å². The number of benzene rings is 1. The van der Waals surface area contributed by atoms with Crippen molar-refractivity contribution >= 4 is 21.8 Å². The zero-order valence-electron chi connectivity index (χ0n) is 11.6. The summed E-state index contributed by atoms with van der Waals surface area (Å²) in [4.78, 5) is 13.9. The van der Waals surface area contributed by atoms with Crippen molar-refractivity contribution < 1.29 is 13.9 Å². The largest absolute Gasteiger partial charge is 0.483 e. The highest BCUT2D eigenvalue weighted by Crippen LogP contribution is 2.26. The normalized spacial score (nSPS) is 15.9. The van der Waals surface area contributed by atoms with E-state index in [2.05, 4.69) is 15.9 Å². The van der Waals surface area contributed by atoms with Crippen molar-refractivity contribution in [2.45, 2.75) is 38.1 Å². The van der Waals surface area contributed by atoms with Gasteiger partial charge in [0.15, 0.2) is 6.61 Å². The van der Waals surface area contributed by atoms with Gasteiger partial charge in [0.2, 0.25) is 0 Å². The van der Waals surface area contributed by atoms with Crippen LogP contribution in [0.15, 0.2) is 22.7 Å². The highest BCUT2D eigenvalue weighted by molar-refractivity contribution is 9.10. The van der Waals surface area contributed by atoms with Gasteiger partial charge in [-0.15, -0.1) is 0 Å². The molecule has 5 heteroatoms. The van der Waals surface area contributed by atoms with Gasteiger partial charge in [-0.05, 0) is 47.0 Å². The summed E-state index contributed by atoms with van der Waals surface area (Å²) in [5.74, 6) is 0.111. The quantitative estimate of drug-likeness (QED) is 0.832. The molecule has 20 heavy (non-hydrogen) atoms. The lowest BCUT2D eigenvalue weighted by atomic mass is 9.94. The molecule has 1 aliphatic carbocycles. The predicted molar refractivity (Wildman–Crippen MR) is 79.2 cm³/mol. The second-order valence-electron chi connectivity index (χ2n) is 5.16. The molecule has 1 amide bonds. The van der Waals surface area contributed by atoms with E-state index in [-0.39, 0.29) is 18.3 Å². The molecule has 0 heterocycles. The molecule has 0 aromatic heterocycles. The first-order valence-corrected chi connectivity index (χ1v) is 7.70. The second-order valence-corrected chi connectivity index (χ2v) is 6.01. The number of rotatable bonds is 4. The second kappa shape index (κ2) is 7.07. The third-order valence-electron chi connectivity index (χ3n) is 3.76. The molecule has 110 valence electrons. The summed E-state index contributed by atoms with van der Waals surface area (Å²) in [5, 5.41) is 0. The third kappa shape index (κ3) is 3.95. The summed E-state index contributed by atoms with van der Waals surface area (Å²) in [5.41, 5.74) is 0. The third-order valence-corrected chi connectivity index (χ3v) is 4.38. The molecule has 0 unspecified atom stereocenters. The smallest absolute Gasteiger partial charge is 0.260 e. The van der Waals surface area contributed by atoms with Crippen LogP contribution >= 0.6 is 15.9 Å². The molecule has 1 aromatic rings. The van der Waals surface area contributed by atoms with Gasteiger partial charge in [-0.1, -0.05) is 19.3 Å². The summed E-state index contributed by atoms with van der Waals surface area (Å²) in [6.07, 6.45) is 5.78. The fraction of sp³-hybridized carbons (Fsp3) is 0.533. The summed E-state index contributed by atoms with van der Waals surface area (Å²) in [7, 11) is 1.83. The Morgan fingerprint density at radius 2 is 2.10 bits per heavy atom. The van der Waals surface area contributed by atoms with E-state index in [9.17, 15) is 9.18 Å². The molecule has 3 nitrogen and oxygen atoms in total. The maximum Gasteiger partial charge on any atom is 0.260 e. The number of likely N-dealkylation sites (N-methyl/N-ethyl adjacent to an activating group) is 1. The molecular formula is C15H19BrFNO2. The maximum absolute atomic E-state index is 13.0. The fourth-order valence-corrected chi connectivity index (χ4v) is 2.97. The van der Waals surface area contributed by atoms with E-state index >= 15 is 0 Å². The molecule has 1 aliphatic rings. The number of hydrogen-bond donors (Lipinski definition) is 0. The van der Waals surface area contributed by atoms with Crippen LogP contribution in [-0.4, -0.2) is 30.5 Å². The standard InChI is InChI=1S/C15H19BrFNO2/c1-18(12-5-3-2-4-6-12)15(19)10-20-14-8-7-11(17)9-13(14)16/h7-9,12H,2-6,10H2,1H3. The van der Waals surface area contributed by atoms with Crippen molar-refractivity contribution in [3.8, 4) is 5.75 Å². The first-order chi connectivity index (χ1) is 9.58. The molecule has 0 spiro atoms. The Bertz CT molecular complexity index is 475. The van der Waals surface area contributed by atoms with E-state index in [1.54, 1.807) is 4.90 Å². The van der Waals surface area contributed by atoms with Gasteiger partial charge < -0.3 is 9.64 Å². The van der Waals surface area contributed by atoms with Crippen LogP contribution in [-0.2, 0) is 4.79 Å². The Morgan fingerprint density at radius 3 is 2.75 bits per heavy atom. The minimum Gasteiger partial charge on any atom is -0.483 e. The number of halogens is 2. The topological polar surface area (TPSA) is 29.5 Å².